The summed E-state index contributed by atoms with van der Waals surface area (Å²) in [5, 5.41) is 10.7. The van der Waals surface area contributed by atoms with Gasteiger partial charge in [0, 0.05) is 5.69 Å². The number of halogens is 2. The predicted molar refractivity (Wildman–Crippen MR) is 60.8 cm³/mol. The number of nitrogens with zero attached hydrogens (tertiary/aromatic N) is 1. The van der Waals surface area contributed by atoms with Gasteiger partial charge in [-0.2, -0.15) is 0 Å². The Labute approximate surface area is 102 Å². The zero-order valence-corrected chi connectivity index (χ0v) is 9.35. The standard InChI is InChI=1S/C11H12F2N2O3/c12-9(13)6-14-11(18)15(7-10(16)17)8-4-2-1-3-5-8/h1-5,9H,6-7H2,(H,14,18)(H,16,17). The Morgan fingerprint density at radius 1 is 1.28 bits per heavy atom. The van der Waals surface area contributed by atoms with Crippen LogP contribution in [0.25, 0.3) is 0 Å². The van der Waals surface area contributed by atoms with E-state index in [1.54, 1.807) is 18.2 Å². The van der Waals surface area contributed by atoms with Gasteiger partial charge in [-0.1, -0.05) is 18.2 Å². The number of anilines is 1. The molecule has 0 aromatic heterocycles. The minimum atomic E-state index is -2.68. The smallest absolute Gasteiger partial charge is 0.323 e. The Morgan fingerprint density at radius 2 is 1.89 bits per heavy atom. The van der Waals surface area contributed by atoms with E-state index < -0.39 is 31.5 Å². The number of urea groups is 1. The molecule has 0 unspecified atom stereocenters. The van der Waals surface area contributed by atoms with E-state index in [2.05, 4.69) is 0 Å². The first-order valence-corrected chi connectivity index (χ1v) is 5.11. The number of carbonyl (C=O) groups excluding carboxylic acids is 1. The van der Waals surface area contributed by atoms with Gasteiger partial charge in [0.2, 0.25) is 0 Å². The summed E-state index contributed by atoms with van der Waals surface area (Å²) in [6, 6.07) is 7.09. The molecule has 5 nitrogen and oxygen atoms in total. The van der Waals surface area contributed by atoms with Crippen LogP contribution in [0.3, 0.4) is 0 Å². The van der Waals surface area contributed by atoms with E-state index in [-0.39, 0.29) is 0 Å². The van der Waals surface area contributed by atoms with Crippen molar-refractivity contribution in [3.8, 4) is 0 Å². The lowest BCUT2D eigenvalue weighted by molar-refractivity contribution is -0.135. The lowest BCUT2D eigenvalue weighted by Gasteiger charge is -2.21. The number of alkyl halides is 2. The van der Waals surface area contributed by atoms with Crippen molar-refractivity contribution in [3.63, 3.8) is 0 Å². The van der Waals surface area contributed by atoms with Crippen LogP contribution in [-0.4, -0.2) is 36.6 Å². The summed E-state index contributed by atoms with van der Waals surface area (Å²) in [6.45, 7) is -1.42. The molecule has 1 aromatic rings. The van der Waals surface area contributed by atoms with Crippen molar-refractivity contribution in [1.29, 1.82) is 0 Å². The summed E-state index contributed by atoms with van der Waals surface area (Å²) in [5.41, 5.74) is 0.326. The summed E-state index contributed by atoms with van der Waals surface area (Å²) < 4.78 is 23.9. The molecule has 0 bridgehead atoms. The summed E-state index contributed by atoms with van der Waals surface area (Å²) in [4.78, 5) is 23.1. The van der Waals surface area contributed by atoms with Gasteiger partial charge in [0.15, 0.2) is 0 Å². The van der Waals surface area contributed by atoms with E-state index in [1.165, 1.54) is 12.1 Å². The number of hydrogen-bond acceptors (Lipinski definition) is 2. The van der Waals surface area contributed by atoms with Gasteiger partial charge < -0.3 is 10.4 Å². The van der Waals surface area contributed by atoms with E-state index in [0.29, 0.717) is 5.69 Å². The molecular formula is C11H12F2N2O3. The molecule has 0 saturated heterocycles. The van der Waals surface area contributed by atoms with Gasteiger partial charge in [-0.3, -0.25) is 9.69 Å². The van der Waals surface area contributed by atoms with Crippen molar-refractivity contribution in [3.05, 3.63) is 30.3 Å². The van der Waals surface area contributed by atoms with Gasteiger partial charge >= 0.3 is 12.0 Å². The van der Waals surface area contributed by atoms with Crippen LogP contribution in [0, 0.1) is 0 Å². The number of carboxylic acids is 1. The molecule has 0 aliphatic heterocycles. The number of carbonyl (C=O) groups is 2. The Bertz CT molecular complexity index is 412. The van der Waals surface area contributed by atoms with Crippen LogP contribution < -0.4 is 10.2 Å². The molecule has 18 heavy (non-hydrogen) atoms. The van der Waals surface area contributed by atoms with Gasteiger partial charge in [-0.25, -0.2) is 13.6 Å². The number of hydrogen-bond donors (Lipinski definition) is 2. The number of benzene rings is 1. The molecular weight excluding hydrogens is 246 g/mol. The first-order chi connectivity index (χ1) is 8.50. The van der Waals surface area contributed by atoms with Gasteiger partial charge in [-0.15, -0.1) is 0 Å². The first kappa shape index (κ1) is 13.9. The predicted octanol–water partition coefficient (Wildman–Crippen LogP) is 1.55. The molecule has 0 atom stereocenters. The van der Waals surface area contributed by atoms with E-state index in [1.807, 2.05) is 5.32 Å². The molecule has 0 spiro atoms. The maximum atomic E-state index is 12.0. The van der Waals surface area contributed by atoms with E-state index >= 15 is 0 Å². The number of aliphatic carboxylic acids is 1. The lowest BCUT2D eigenvalue weighted by atomic mass is 10.3. The van der Waals surface area contributed by atoms with Crippen molar-refractivity contribution in [1.82, 2.24) is 5.32 Å². The second kappa shape index (κ2) is 6.53. The Hall–Kier alpha value is -2.18. The quantitative estimate of drug-likeness (QED) is 0.841. The largest absolute Gasteiger partial charge is 0.480 e. The van der Waals surface area contributed by atoms with E-state index in [0.717, 1.165) is 4.90 Å². The van der Waals surface area contributed by atoms with Crippen LogP contribution in [0.5, 0.6) is 0 Å². The third-order valence-corrected chi connectivity index (χ3v) is 2.01. The molecule has 0 radical (unpaired) electrons. The van der Waals surface area contributed by atoms with Crippen LogP contribution in [0.1, 0.15) is 0 Å². The molecule has 2 N–H and O–H groups in total. The fraction of sp³-hybridized carbons (Fsp3) is 0.273. The Morgan fingerprint density at radius 3 is 2.39 bits per heavy atom. The van der Waals surface area contributed by atoms with E-state index in [9.17, 15) is 18.4 Å². The first-order valence-electron chi connectivity index (χ1n) is 5.11. The third-order valence-electron chi connectivity index (χ3n) is 2.01. The molecule has 2 amide bonds. The summed E-state index contributed by atoms with van der Waals surface area (Å²) in [5.74, 6) is -1.23. The number of nitrogens with one attached hydrogen (secondary N) is 1. The zero-order chi connectivity index (χ0) is 13.5. The molecule has 0 heterocycles. The number of para-hydroxylation sites is 1. The second-order valence-electron chi connectivity index (χ2n) is 3.39. The maximum Gasteiger partial charge on any atom is 0.323 e. The highest BCUT2D eigenvalue weighted by molar-refractivity contribution is 5.96. The normalized spacial score (nSPS) is 10.2. The van der Waals surface area contributed by atoms with Gasteiger partial charge in [-0.05, 0) is 12.1 Å². The summed E-state index contributed by atoms with van der Waals surface area (Å²) >= 11 is 0. The highest BCUT2D eigenvalue weighted by atomic mass is 19.3. The number of rotatable bonds is 5. The van der Waals surface area contributed by atoms with Gasteiger partial charge in [0.1, 0.15) is 6.54 Å². The highest BCUT2D eigenvalue weighted by Gasteiger charge is 2.19. The number of carboxylic acid groups (broad SMARTS) is 1. The van der Waals surface area contributed by atoms with Crippen LogP contribution in [-0.2, 0) is 4.79 Å². The molecule has 1 rings (SSSR count). The average Bonchev–Trinajstić information content (AvgIpc) is 2.34. The average molecular weight is 258 g/mol. The van der Waals surface area contributed by atoms with Gasteiger partial charge in [0.05, 0.1) is 6.54 Å². The second-order valence-corrected chi connectivity index (χ2v) is 3.39. The van der Waals surface area contributed by atoms with Crippen LogP contribution in [0.2, 0.25) is 0 Å². The van der Waals surface area contributed by atoms with Crippen molar-refractivity contribution >= 4 is 17.7 Å². The molecule has 7 heteroatoms. The van der Waals surface area contributed by atoms with Crippen LogP contribution in [0.15, 0.2) is 30.3 Å². The topological polar surface area (TPSA) is 69.6 Å². The Balaban J connectivity index is 2.78. The molecule has 0 aliphatic carbocycles. The van der Waals surface area contributed by atoms with Gasteiger partial charge in [0.25, 0.3) is 6.43 Å². The monoisotopic (exact) mass is 258 g/mol. The fourth-order valence-electron chi connectivity index (χ4n) is 1.28. The number of amides is 2. The van der Waals surface area contributed by atoms with Crippen molar-refractivity contribution in [2.24, 2.45) is 0 Å². The molecule has 1 aromatic carbocycles. The SMILES string of the molecule is O=C(O)CN(C(=O)NCC(F)F)c1ccccc1. The van der Waals surface area contributed by atoms with Crippen LogP contribution >= 0.6 is 0 Å². The summed E-state index contributed by atoms with van der Waals surface area (Å²) in [6.07, 6.45) is -2.68. The molecule has 98 valence electrons. The lowest BCUT2D eigenvalue weighted by Crippen LogP contribution is -2.44. The van der Waals surface area contributed by atoms with E-state index in [4.69, 9.17) is 5.11 Å². The zero-order valence-electron chi connectivity index (χ0n) is 9.35. The minimum absolute atomic E-state index is 0.326. The van der Waals surface area contributed by atoms with Crippen molar-refractivity contribution in [2.75, 3.05) is 18.0 Å². The third kappa shape index (κ3) is 4.36. The van der Waals surface area contributed by atoms with Crippen molar-refractivity contribution < 1.29 is 23.5 Å². The minimum Gasteiger partial charge on any atom is -0.480 e. The fourth-order valence-corrected chi connectivity index (χ4v) is 1.28. The molecule has 0 saturated carbocycles. The Kier molecular flexibility index (Phi) is 5.04. The maximum absolute atomic E-state index is 12.0. The summed E-state index contributed by atoms with van der Waals surface area (Å²) in [7, 11) is 0. The van der Waals surface area contributed by atoms with Crippen molar-refractivity contribution in [2.45, 2.75) is 6.43 Å². The molecule has 0 aliphatic rings. The highest BCUT2D eigenvalue weighted by Crippen LogP contribution is 2.13. The molecule has 0 fully saturated rings. The van der Waals surface area contributed by atoms with Crippen LogP contribution in [0.4, 0.5) is 19.3 Å².